The van der Waals surface area contributed by atoms with Crippen molar-refractivity contribution >= 4 is 6.01 Å². The fourth-order valence-corrected chi connectivity index (χ4v) is 1.23. The van der Waals surface area contributed by atoms with Crippen LogP contribution in [-0.2, 0) is 11.3 Å². The number of ether oxygens (including phenoxy) is 1. The van der Waals surface area contributed by atoms with Gasteiger partial charge in [-0.05, 0) is 27.7 Å². The summed E-state index contributed by atoms with van der Waals surface area (Å²) in [6.45, 7) is 9.41. The highest BCUT2D eigenvalue weighted by atomic mass is 16.5. The number of nitrogens with one attached hydrogen (secondary N) is 2. The van der Waals surface area contributed by atoms with Gasteiger partial charge in [-0.2, -0.15) is 0 Å². The van der Waals surface area contributed by atoms with E-state index >= 15 is 0 Å². The molecule has 0 amide bonds. The molecular weight excluding hydrogens is 220 g/mol. The highest BCUT2D eigenvalue weighted by molar-refractivity contribution is 5.18. The van der Waals surface area contributed by atoms with Gasteiger partial charge < -0.3 is 19.8 Å². The highest BCUT2D eigenvalue weighted by Gasteiger charge is 2.13. The molecule has 2 N–H and O–H groups in total. The molecule has 0 aliphatic heterocycles. The van der Waals surface area contributed by atoms with Crippen LogP contribution in [0.3, 0.4) is 0 Å². The minimum absolute atomic E-state index is 0.0331. The molecule has 1 unspecified atom stereocenters. The number of anilines is 1. The third kappa shape index (κ3) is 5.65. The van der Waals surface area contributed by atoms with Crippen LogP contribution >= 0.6 is 0 Å². The van der Waals surface area contributed by atoms with Gasteiger partial charge in [0.05, 0.1) is 19.2 Å². The van der Waals surface area contributed by atoms with Crippen molar-refractivity contribution in [2.45, 2.75) is 45.8 Å². The largest absolute Gasteiger partial charge is 0.407 e. The van der Waals surface area contributed by atoms with Gasteiger partial charge in [0.2, 0.25) is 5.89 Å². The van der Waals surface area contributed by atoms with Crippen LogP contribution in [0.2, 0.25) is 0 Å². The van der Waals surface area contributed by atoms with E-state index in [0.717, 1.165) is 0 Å². The standard InChI is InChI=1S/C11H22N4O2/c1-8(7-16-5)13-10-15-14-9(17-10)6-12-11(2,3)4/h8,12H,6-7H2,1-5H3,(H,13,15). The van der Waals surface area contributed by atoms with E-state index in [1.807, 2.05) is 6.92 Å². The van der Waals surface area contributed by atoms with Gasteiger partial charge in [-0.15, -0.1) is 5.10 Å². The normalized spacial score (nSPS) is 13.7. The first-order valence-electron chi connectivity index (χ1n) is 5.73. The lowest BCUT2D eigenvalue weighted by Gasteiger charge is -2.18. The Balaban J connectivity index is 2.42. The van der Waals surface area contributed by atoms with Gasteiger partial charge in [0.1, 0.15) is 0 Å². The molecule has 0 radical (unpaired) electrons. The third-order valence-electron chi connectivity index (χ3n) is 2.02. The summed E-state index contributed by atoms with van der Waals surface area (Å²) in [7, 11) is 1.66. The second kappa shape index (κ2) is 5.97. The second-order valence-corrected chi connectivity index (χ2v) is 5.11. The summed E-state index contributed by atoms with van der Waals surface area (Å²) in [5, 5.41) is 14.2. The highest BCUT2D eigenvalue weighted by Crippen LogP contribution is 2.08. The van der Waals surface area contributed by atoms with E-state index in [0.29, 0.717) is 25.1 Å². The first-order valence-corrected chi connectivity index (χ1v) is 5.73. The summed E-state index contributed by atoms with van der Waals surface area (Å²) in [5.74, 6) is 0.576. The monoisotopic (exact) mass is 242 g/mol. The Morgan fingerprint density at radius 2 is 2.06 bits per heavy atom. The molecule has 1 rings (SSSR count). The van der Waals surface area contributed by atoms with Crippen molar-refractivity contribution in [3.05, 3.63) is 5.89 Å². The van der Waals surface area contributed by atoms with Crippen LogP contribution in [0.5, 0.6) is 0 Å². The second-order valence-electron chi connectivity index (χ2n) is 5.11. The lowest BCUT2D eigenvalue weighted by atomic mass is 10.1. The molecule has 98 valence electrons. The van der Waals surface area contributed by atoms with Crippen LogP contribution in [0.15, 0.2) is 4.42 Å². The minimum Gasteiger partial charge on any atom is -0.407 e. The van der Waals surface area contributed by atoms with E-state index in [9.17, 15) is 0 Å². The van der Waals surface area contributed by atoms with Crippen molar-refractivity contribution in [3.8, 4) is 0 Å². The average Bonchev–Trinajstić information content (AvgIpc) is 2.62. The van der Waals surface area contributed by atoms with Crippen molar-refractivity contribution in [2.24, 2.45) is 0 Å². The molecule has 17 heavy (non-hydrogen) atoms. The van der Waals surface area contributed by atoms with Gasteiger partial charge in [-0.25, -0.2) is 0 Å². The van der Waals surface area contributed by atoms with Crippen LogP contribution in [-0.4, -0.2) is 35.5 Å². The smallest absolute Gasteiger partial charge is 0.315 e. The van der Waals surface area contributed by atoms with E-state index < -0.39 is 0 Å². The van der Waals surface area contributed by atoms with Crippen molar-refractivity contribution in [2.75, 3.05) is 19.0 Å². The number of hydrogen-bond donors (Lipinski definition) is 2. The maximum absolute atomic E-state index is 5.44. The van der Waals surface area contributed by atoms with Gasteiger partial charge in [-0.1, -0.05) is 5.10 Å². The quantitative estimate of drug-likeness (QED) is 0.785. The SMILES string of the molecule is COCC(C)Nc1nnc(CNC(C)(C)C)o1. The molecule has 1 heterocycles. The van der Waals surface area contributed by atoms with Gasteiger partial charge in [0.25, 0.3) is 0 Å². The van der Waals surface area contributed by atoms with Gasteiger partial charge in [-0.3, -0.25) is 0 Å². The summed E-state index contributed by atoms with van der Waals surface area (Å²) in [5.41, 5.74) is 0.0331. The molecule has 1 atom stereocenters. The molecule has 1 aromatic heterocycles. The van der Waals surface area contributed by atoms with Crippen molar-refractivity contribution < 1.29 is 9.15 Å². The zero-order chi connectivity index (χ0) is 12.9. The van der Waals surface area contributed by atoms with E-state index in [2.05, 4.69) is 41.6 Å². The first kappa shape index (κ1) is 13.9. The van der Waals surface area contributed by atoms with Crippen molar-refractivity contribution in [1.29, 1.82) is 0 Å². The van der Waals surface area contributed by atoms with Gasteiger partial charge in [0, 0.05) is 12.6 Å². The molecule has 0 aliphatic rings. The number of rotatable bonds is 6. The van der Waals surface area contributed by atoms with Crippen molar-refractivity contribution in [1.82, 2.24) is 15.5 Å². The summed E-state index contributed by atoms with van der Waals surface area (Å²) >= 11 is 0. The Bertz CT molecular complexity index is 332. The molecule has 0 bridgehead atoms. The topological polar surface area (TPSA) is 72.2 Å². The van der Waals surface area contributed by atoms with Crippen LogP contribution in [0, 0.1) is 0 Å². The van der Waals surface area contributed by atoms with Crippen LogP contribution in [0.1, 0.15) is 33.6 Å². The van der Waals surface area contributed by atoms with Crippen molar-refractivity contribution in [3.63, 3.8) is 0 Å². The Morgan fingerprint density at radius 3 is 2.65 bits per heavy atom. The molecular formula is C11H22N4O2. The predicted octanol–water partition coefficient (Wildman–Crippen LogP) is 1.40. The maximum Gasteiger partial charge on any atom is 0.315 e. The average molecular weight is 242 g/mol. The molecule has 0 saturated heterocycles. The van der Waals surface area contributed by atoms with E-state index in [4.69, 9.17) is 9.15 Å². The molecule has 6 nitrogen and oxygen atoms in total. The Kier molecular flexibility index (Phi) is 4.89. The molecule has 0 aromatic carbocycles. The molecule has 0 aliphatic carbocycles. The van der Waals surface area contributed by atoms with Crippen LogP contribution < -0.4 is 10.6 Å². The van der Waals surface area contributed by atoms with Crippen LogP contribution in [0.25, 0.3) is 0 Å². The summed E-state index contributed by atoms with van der Waals surface area (Å²) in [6.07, 6.45) is 0. The lowest BCUT2D eigenvalue weighted by Crippen LogP contribution is -2.35. The van der Waals surface area contributed by atoms with Gasteiger partial charge in [0.15, 0.2) is 0 Å². The Hall–Kier alpha value is -1.14. The van der Waals surface area contributed by atoms with Gasteiger partial charge >= 0.3 is 6.01 Å². The zero-order valence-corrected chi connectivity index (χ0v) is 11.2. The summed E-state index contributed by atoms with van der Waals surface area (Å²) < 4.78 is 10.5. The zero-order valence-electron chi connectivity index (χ0n) is 11.2. The number of nitrogens with zero attached hydrogens (tertiary/aromatic N) is 2. The maximum atomic E-state index is 5.44. The van der Waals surface area contributed by atoms with E-state index in [1.54, 1.807) is 7.11 Å². The molecule has 6 heteroatoms. The number of methoxy groups -OCH3 is 1. The Morgan fingerprint density at radius 1 is 1.35 bits per heavy atom. The molecule has 1 aromatic rings. The third-order valence-corrected chi connectivity index (χ3v) is 2.02. The first-order chi connectivity index (χ1) is 7.90. The minimum atomic E-state index is 0.0331. The van der Waals surface area contributed by atoms with E-state index in [1.165, 1.54) is 0 Å². The predicted molar refractivity (Wildman–Crippen MR) is 65.9 cm³/mol. The van der Waals surface area contributed by atoms with E-state index in [-0.39, 0.29) is 11.6 Å². The molecule has 0 saturated carbocycles. The van der Waals surface area contributed by atoms with Crippen LogP contribution in [0.4, 0.5) is 6.01 Å². The number of aromatic nitrogens is 2. The molecule has 0 fully saturated rings. The Labute approximate surface area is 102 Å². The molecule has 0 spiro atoms. The fourth-order valence-electron chi connectivity index (χ4n) is 1.23. The fraction of sp³-hybridized carbons (Fsp3) is 0.818. The summed E-state index contributed by atoms with van der Waals surface area (Å²) in [6, 6.07) is 0.573. The number of hydrogen-bond acceptors (Lipinski definition) is 6. The summed E-state index contributed by atoms with van der Waals surface area (Å²) in [4.78, 5) is 0. The lowest BCUT2D eigenvalue weighted by molar-refractivity contribution is 0.189.